The van der Waals surface area contributed by atoms with Crippen LogP contribution >= 0.6 is 11.8 Å². The number of carbonyl (C=O) groups is 2. The molecule has 2 N–H and O–H groups in total. The van der Waals surface area contributed by atoms with Crippen molar-refractivity contribution in [3.05, 3.63) is 65.7 Å². The Hall–Kier alpha value is -2.47. The average molecular weight is 342 g/mol. The van der Waals surface area contributed by atoms with Crippen molar-refractivity contribution >= 4 is 23.6 Å². The molecule has 0 aliphatic carbocycles. The number of hydrogen-bond acceptors (Lipinski definition) is 4. The van der Waals surface area contributed by atoms with Crippen LogP contribution < -0.4 is 5.32 Å². The fourth-order valence-electron chi connectivity index (χ4n) is 2.53. The van der Waals surface area contributed by atoms with Crippen LogP contribution in [0.3, 0.4) is 0 Å². The van der Waals surface area contributed by atoms with Gasteiger partial charge in [-0.1, -0.05) is 30.3 Å². The van der Waals surface area contributed by atoms with E-state index in [9.17, 15) is 14.7 Å². The maximum absolute atomic E-state index is 12.6. The Bertz CT molecular complexity index is 719. The van der Waals surface area contributed by atoms with E-state index in [1.165, 1.54) is 0 Å². The molecule has 5 nitrogen and oxygen atoms in total. The van der Waals surface area contributed by atoms with Crippen LogP contribution in [0.4, 0.5) is 0 Å². The van der Waals surface area contributed by atoms with Crippen LogP contribution in [0, 0.1) is 0 Å². The molecule has 0 unspecified atom stereocenters. The summed E-state index contributed by atoms with van der Waals surface area (Å²) >= 11 is 1.58. The third-order valence-electron chi connectivity index (χ3n) is 3.87. The number of carbonyl (C=O) groups excluding carboxylic acids is 2. The van der Waals surface area contributed by atoms with Crippen LogP contribution in [-0.4, -0.2) is 39.5 Å². The van der Waals surface area contributed by atoms with Gasteiger partial charge in [0, 0.05) is 17.9 Å². The second kappa shape index (κ2) is 7.40. The Balaban J connectivity index is 1.63. The molecular formula is C18H18N2O3S. The third kappa shape index (κ3) is 3.71. The van der Waals surface area contributed by atoms with Gasteiger partial charge in [0.05, 0.1) is 5.88 Å². The predicted octanol–water partition coefficient (Wildman–Crippen LogP) is 2.22. The molecule has 2 aromatic rings. The average Bonchev–Trinajstić information content (AvgIpc) is 3.11. The maximum atomic E-state index is 12.6. The highest BCUT2D eigenvalue weighted by Crippen LogP contribution is 2.23. The smallest absolute Gasteiger partial charge is 0.255 e. The van der Waals surface area contributed by atoms with Crippen LogP contribution in [0.1, 0.15) is 15.9 Å². The molecule has 24 heavy (non-hydrogen) atoms. The number of phenolic OH excluding ortho intramolecular Hbond substituents is 1. The minimum atomic E-state index is -0.458. The van der Waals surface area contributed by atoms with Gasteiger partial charge in [0.1, 0.15) is 11.8 Å². The minimum Gasteiger partial charge on any atom is -0.508 e. The second-order valence-corrected chi connectivity index (χ2v) is 6.54. The molecule has 1 saturated heterocycles. The fourth-order valence-corrected chi connectivity index (χ4v) is 3.68. The minimum absolute atomic E-state index is 0.120. The fraction of sp³-hybridized carbons (Fsp3) is 0.222. The molecule has 2 aromatic carbocycles. The monoisotopic (exact) mass is 342 g/mol. The molecule has 1 aliphatic heterocycles. The Morgan fingerprint density at radius 2 is 1.83 bits per heavy atom. The van der Waals surface area contributed by atoms with E-state index in [1.807, 2.05) is 18.2 Å². The summed E-state index contributed by atoms with van der Waals surface area (Å²) in [6, 6.07) is 15.2. The first-order chi connectivity index (χ1) is 11.6. The highest BCUT2D eigenvalue weighted by atomic mass is 32.2. The van der Waals surface area contributed by atoms with Crippen LogP contribution in [0.25, 0.3) is 0 Å². The van der Waals surface area contributed by atoms with Crippen LogP contribution in [-0.2, 0) is 11.3 Å². The summed E-state index contributed by atoms with van der Waals surface area (Å²) in [4.78, 5) is 26.7. The van der Waals surface area contributed by atoms with E-state index in [2.05, 4.69) is 5.32 Å². The van der Waals surface area contributed by atoms with Gasteiger partial charge in [0.2, 0.25) is 5.91 Å². The molecule has 1 aliphatic rings. The molecule has 1 atom stereocenters. The lowest BCUT2D eigenvalue weighted by atomic mass is 10.1. The van der Waals surface area contributed by atoms with Gasteiger partial charge in [-0.2, -0.15) is 0 Å². The van der Waals surface area contributed by atoms with Gasteiger partial charge in [0.25, 0.3) is 5.91 Å². The first-order valence-electron chi connectivity index (χ1n) is 7.64. The van der Waals surface area contributed by atoms with Crippen LogP contribution in [0.2, 0.25) is 0 Å². The van der Waals surface area contributed by atoms with Crippen molar-refractivity contribution < 1.29 is 14.7 Å². The van der Waals surface area contributed by atoms with Crippen molar-refractivity contribution in [2.45, 2.75) is 12.6 Å². The van der Waals surface area contributed by atoms with E-state index in [0.29, 0.717) is 23.7 Å². The number of nitrogens with one attached hydrogen (secondary N) is 1. The molecule has 0 aromatic heterocycles. The predicted molar refractivity (Wildman–Crippen MR) is 93.7 cm³/mol. The summed E-state index contributed by atoms with van der Waals surface area (Å²) in [5, 5.41) is 12.1. The SMILES string of the molecule is O=C(NCc1ccc(O)cc1)[C@@H]1CSCN1C(=O)c1ccccc1. The van der Waals surface area contributed by atoms with E-state index in [1.54, 1.807) is 53.1 Å². The molecule has 2 amide bonds. The van der Waals surface area contributed by atoms with Crippen molar-refractivity contribution in [2.24, 2.45) is 0 Å². The summed E-state index contributed by atoms with van der Waals surface area (Å²) < 4.78 is 0. The van der Waals surface area contributed by atoms with Gasteiger partial charge in [-0.15, -0.1) is 11.8 Å². The molecule has 3 rings (SSSR count). The zero-order chi connectivity index (χ0) is 16.9. The van der Waals surface area contributed by atoms with Gasteiger partial charge in [0.15, 0.2) is 0 Å². The number of aromatic hydroxyl groups is 1. The van der Waals surface area contributed by atoms with Gasteiger partial charge < -0.3 is 15.3 Å². The Kier molecular flexibility index (Phi) is 5.05. The van der Waals surface area contributed by atoms with Crippen molar-refractivity contribution in [3.8, 4) is 5.75 Å². The molecule has 6 heteroatoms. The van der Waals surface area contributed by atoms with Crippen molar-refractivity contribution in [1.29, 1.82) is 0 Å². The number of rotatable bonds is 4. The van der Waals surface area contributed by atoms with Gasteiger partial charge >= 0.3 is 0 Å². The summed E-state index contributed by atoms with van der Waals surface area (Å²) in [7, 11) is 0. The lowest BCUT2D eigenvalue weighted by Gasteiger charge is -2.23. The van der Waals surface area contributed by atoms with Crippen LogP contribution in [0.5, 0.6) is 5.75 Å². The number of thioether (sulfide) groups is 1. The van der Waals surface area contributed by atoms with E-state index in [4.69, 9.17) is 0 Å². The largest absolute Gasteiger partial charge is 0.508 e. The molecule has 0 saturated carbocycles. The molecular weight excluding hydrogens is 324 g/mol. The number of amides is 2. The van der Waals surface area contributed by atoms with E-state index >= 15 is 0 Å². The first kappa shape index (κ1) is 16.4. The van der Waals surface area contributed by atoms with Gasteiger partial charge in [-0.25, -0.2) is 0 Å². The lowest BCUT2D eigenvalue weighted by molar-refractivity contribution is -0.124. The second-order valence-electron chi connectivity index (χ2n) is 5.54. The molecule has 1 fully saturated rings. The zero-order valence-electron chi connectivity index (χ0n) is 13.0. The number of benzene rings is 2. The molecule has 124 valence electrons. The Morgan fingerprint density at radius 1 is 1.12 bits per heavy atom. The number of phenols is 1. The molecule has 0 radical (unpaired) electrons. The maximum Gasteiger partial charge on any atom is 0.255 e. The summed E-state index contributed by atoms with van der Waals surface area (Å²) in [6.45, 7) is 0.369. The molecule has 0 bridgehead atoms. The molecule has 1 heterocycles. The third-order valence-corrected chi connectivity index (χ3v) is 4.88. The summed E-state index contributed by atoms with van der Waals surface area (Å²) in [5.41, 5.74) is 1.49. The Labute approximate surface area is 144 Å². The first-order valence-corrected chi connectivity index (χ1v) is 8.80. The standard InChI is InChI=1S/C18H18N2O3S/c21-15-8-6-13(7-9-15)10-19-17(22)16-11-24-12-20(16)18(23)14-4-2-1-3-5-14/h1-9,16,21H,10-12H2,(H,19,22)/t16-/m0/s1. The topological polar surface area (TPSA) is 69.6 Å². The summed E-state index contributed by atoms with van der Waals surface area (Å²) in [6.07, 6.45) is 0. The van der Waals surface area contributed by atoms with Crippen molar-refractivity contribution in [2.75, 3.05) is 11.6 Å². The quantitative estimate of drug-likeness (QED) is 0.894. The van der Waals surface area contributed by atoms with E-state index in [0.717, 1.165) is 5.56 Å². The molecule has 0 spiro atoms. The van der Waals surface area contributed by atoms with E-state index < -0.39 is 6.04 Å². The van der Waals surface area contributed by atoms with Gasteiger partial charge in [-0.05, 0) is 29.8 Å². The number of hydrogen-bond donors (Lipinski definition) is 2. The van der Waals surface area contributed by atoms with Crippen molar-refractivity contribution in [3.63, 3.8) is 0 Å². The lowest BCUT2D eigenvalue weighted by Crippen LogP contribution is -2.47. The number of nitrogens with zero attached hydrogens (tertiary/aromatic N) is 1. The van der Waals surface area contributed by atoms with Crippen LogP contribution in [0.15, 0.2) is 54.6 Å². The van der Waals surface area contributed by atoms with Crippen molar-refractivity contribution in [1.82, 2.24) is 10.2 Å². The Morgan fingerprint density at radius 3 is 2.54 bits per heavy atom. The normalized spacial score (nSPS) is 16.8. The highest BCUT2D eigenvalue weighted by molar-refractivity contribution is 7.99. The summed E-state index contributed by atoms with van der Waals surface area (Å²) in [5.74, 6) is 1.03. The zero-order valence-corrected chi connectivity index (χ0v) is 13.8. The van der Waals surface area contributed by atoms with Gasteiger partial charge in [-0.3, -0.25) is 9.59 Å². The van der Waals surface area contributed by atoms with E-state index in [-0.39, 0.29) is 17.6 Å². The highest BCUT2D eigenvalue weighted by Gasteiger charge is 2.34.